The summed E-state index contributed by atoms with van der Waals surface area (Å²) in [6.45, 7) is 9.86. The maximum absolute atomic E-state index is 6.20. The van der Waals surface area contributed by atoms with E-state index in [0.717, 1.165) is 32.8 Å². The average molecular weight is 277 g/mol. The Morgan fingerprint density at radius 3 is 2.80 bits per heavy atom. The summed E-state index contributed by atoms with van der Waals surface area (Å²) in [5.41, 5.74) is 2.59. The Morgan fingerprint density at radius 1 is 1.35 bits per heavy atom. The number of aryl methyl sites for hydroxylation is 1. The van der Waals surface area contributed by atoms with Gasteiger partial charge in [-0.15, -0.1) is 0 Å². The fraction of sp³-hybridized carbons (Fsp3) is 0.647. The summed E-state index contributed by atoms with van der Waals surface area (Å²) in [6.07, 6.45) is 1.25. The number of hydrogen-bond acceptors (Lipinski definition) is 3. The fourth-order valence-corrected chi connectivity index (χ4v) is 2.52. The first-order valence-corrected chi connectivity index (χ1v) is 7.65. The predicted molar refractivity (Wildman–Crippen MR) is 81.9 cm³/mol. The second-order valence-corrected chi connectivity index (χ2v) is 5.97. The lowest BCUT2D eigenvalue weighted by atomic mass is 10.0. The van der Waals surface area contributed by atoms with Crippen LogP contribution in [0.1, 0.15) is 37.5 Å². The topological polar surface area (TPSA) is 30.5 Å². The van der Waals surface area contributed by atoms with Gasteiger partial charge in [-0.05, 0) is 24.5 Å². The average Bonchev–Trinajstić information content (AvgIpc) is 2.93. The number of rotatable bonds is 7. The van der Waals surface area contributed by atoms with Gasteiger partial charge in [0.05, 0.1) is 19.3 Å². The third-order valence-corrected chi connectivity index (χ3v) is 3.80. The zero-order chi connectivity index (χ0) is 14.4. The van der Waals surface area contributed by atoms with Crippen molar-refractivity contribution in [1.29, 1.82) is 0 Å². The van der Waals surface area contributed by atoms with Gasteiger partial charge >= 0.3 is 0 Å². The zero-order valence-electron chi connectivity index (χ0n) is 12.9. The van der Waals surface area contributed by atoms with E-state index in [4.69, 9.17) is 9.47 Å². The van der Waals surface area contributed by atoms with E-state index in [1.807, 2.05) is 0 Å². The van der Waals surface area contributed by atoms with Crippen LogP contribution in [0, 0.1) is 12.8 Å². The lowest BCUT2D eigenvalue weighted by Crippen LogP contribution is -2.30. The van der Waals surface area contributed by atoms with Crippen molar-refractivity contribution in [1.82, 2.24) is 5.32 Å². The molecule has 1 heterocycles. The Hall–Kier alpha value is -0.900. The van der Waals surface area contributed by atoms with Crippen molar-refractivity contribution in [2.75, 3.05) is 26.4 Å². The van der Waals surface area contributed by atoms with Gasteiger partial charge in [0.2, 0.25) is 0 Å². The quantitative estimate of drug-likeness (QED) is 0.831. The molecule has 1 fully saturated rings. The normalized spacial score (nSPS) is 20.5. The highest BCUT2D eigenvalue weighted by atomic mass is 16.5. The summed E-state index contributed by atoms with van der Waals surface area (Å²) < 4.78 is 11.6. The standard InChI is InChI=1S/C17H27NO2/c1-13(2)18-10-17(16-7-5-4-6-14(16)3)20-12-15-8-9-19-11-15/h4-7,13,15,17-18H,8-12H2,1-3H3. The van der Waals surface area contributed by atoms with E-state index >= 15 is 0 Å². The van der Waals surface area contributed by atoms with E-state index in [0.29, 0.717) is 12.0 Å². The summed E-state index contributed by atoms with van der Waals surface area (Å²) in [6, 6.07) is 8.97. The van der Waals surface area contributed by atoms with Crippen molar-refractivity contribution >= 4 is 0 Å². The first kappa shape index (κ1) is 15.5. The minimum atomic E-state index is 0.124. The highest BCUT2D eigenvalue weighted by Crippen LogP contribution is 2.23. The van der Waals surface area contributed by atoms with Crippen LogP contribution in [-0.2, 0) is 9.47 Å². The van der Waals surface area contributed by atoms with Crippen molar-refractivity contribution in [2.45, 2.75) is 39.3 Å². The second kappa shape index (κ2) is 7.77. The van der Waals surface area contributed by atoms with Crippen molar-refractivity contribution < 1.29 is 9.47 Å². The number of ether oxygens (including phenoxy) is 2. The minimum Gasteiger partial charge on any atom is -0.381 e. The van der Waals surface area contributed by atoms with Crippen LogP contribution in [0.15, 0.2) is 24.3 Å². The Kier molecular flexibility index (Phi) is 6.02. The van der Waals surface area contributed by atoms with Crippen LogP contribution in [-0.4, -0.2) is 32.4 Å². The molecule has 0 aliphatic carbocycles. The van der Waals surface area contributed by atoms with E-state index < -0.39 is 0 Å². The number of benzene rings is 1. The molecule has 1 aliphatic rings. The van der Waals surface area contributed by atoms with Gasteiger partial charge in [0.25, 0.3) is 0 Å². The molecule has 1 aromatic carbocycles. The van der Waals surface area contributed by atoms with Gasteiger partial charge in [0.1, 0.15) is 0 Å². The predicted octanol–water partition coefficient (Wildman–Crippen LogP) is 3.09. The van der Waals surface area contributed by atoms with Crippen LogP contribution < -0.4 is 5.32 Å². The lowest BCUT2D eigenvalue weighted by Gasteiger charge is -2.23. The molecule has 1 N–H and O–H groups in total. The van der Waals surface area contributed by atoms with Crippen LogP contribution >= 0.6 is 0 Å². The third kappa shape index (κ3) is 4.58. The SMILES string of the molecule is Cc1ccccc1C(CNC(C)C)OCC1CCOC1. The van der Waals surface area contributed by atoms with Crippen LogP contribution in [0.2, 0.25) is 0 Å². The van der Waals surface area contributed by atoms with Gasteiger partial charge in [0.15, 0.2) is 0 Å². The molecule has 0 radical (unpaired) electrons. The van der Waals surface area contributed by atoms with Crippen LogP contribution in [0.5, 0.6) is 0 Å². The lowest BCUT2D eigenvalue weighted by molar-refractivity contribution is 0.0241. The van der Waals surface area contributed by atoms with Crippen molar-refractivity contribution in [3.63, 3.8) is 0 Å². The molecule has 2 rings (SSSR count). The number of hydrogen-bond donors (Lipinski definition) is 1. The molecule has 1 aromatic rings. The van der Waals surface area contributed by atoms with Crippen LogP contribution in [0.4, 0.5) is 0 Å². The number of nitrogens with one attached hydrogen (secondary N) is 1. The molecule has 20 heavy (non-hydrogen) atoms. The fourth-order valence-electron chi connectivity index (χ4n) is 2.52. The van der Waals surface area contributed by atoms with Crippen LogP contribution in [0.3, 0.4) is 0 Å². The van der Waals surface area contributed by atoms with E-state index in [1.165, 1.54) is 11.1 Å². The first-order valence-electron chi connectivity index (χ1n) is 7.65. The summed E-state index contributed by atoms with van der Waals surface area (Å²) in [7, 11) is 0. The van der Waals surface area contributed by atoms with E-state index in [9.17, 15) is 0 Å². The first-order chi connectivity index (χ1) is 9.66. The molecule has 1 aliphatic heterocycles. The van der Waals surface area contributed by atoms with Gasteiger partial charge < -0.3 is 14.8 Å². The maximum Gasteiger partial charge on any atom is 0.0951 e. The molecule has 2 unspecified atom stereocenters. The zero-order valence-corrected chi connectivity index (χ0v) is 12.9. The molecule has 1 saturated heterocycles. The van der Waals surface area contributed by atoms with E-state index in [2.05, 4.69) is 50.4 Å². The highest BCUT2D eigenvalue weighted by Gasteiger charge is 2.20. The Labute approximate surface area is 122 Å². The molecule has 0 amide bonds. The van der Waals surface area contributed by atoms with Crippen LogP contribution in [0.25, 0.3) is 0 Å². The largest absolute Gasteiger partial charge is 0.381 e. The molecule has 0 aromatic heterocycles. The summed E-state index contributed by atoms with van der Waals surface area (Å²) in [5.74, 6) is 0.556. The van der Waals surface area contributed by atoms with E-state index in [-0.39, 0.29) is 6.10 Å². The van der Waals surface area contributed by atoms with Crippen molar-refractivity contribution in [2.24, 2.45) is 5.92 Å². The van der Waals surface area contributed by atoms with Gasteiger partial charge in [-0.25, -0.2) is 0 Å². The second-order valence-electron chi connectivity index (χ2n) is 5.97. The molecule has 112 valence electrons. The van der Waals surface area contributed by atoms with Gasteiger partial charge in [-0.1, -0.05) is 38.1 Å². The molecule has 3 nitrogen and oxygen atoms in total. The molecule has 0 spiro atoms. The smallest absolute Gasteiger partial charge is 0.0951 e. The minimum absolute atomic E-state index is 0.124. The summed E-state index contributed by atoms with van der Waals surface area (Å²) in [4.78, 5) is 0. The molecular weight excluding hydrogens is 250 g/mol. The Morgan fingerprint density at radius 2 is 2.15 bits per heavy atom. The summed E-state index contributed by atoms with van der Waals surface area (Å²) >= 11 is 0. The van der Waals surface area contributed by atoms with Gasteiger partial charge in [-0.2, -0.15) is 0 Å². The van der Waals surface area contributed by atoms with Gasteiger partial charge in [-0.3, -0.25) is 0 Å². The van der Waals surface area contributed by atoms with Crippen molar-refractivity contribution in [3.05, 3.63) is 35.4 Å². The molecule has 0 bridgehead atoms. The molecular formula is C17H27NO2. The van der Waals surface area contributed by atoms with Gasteiger partial charge in [0, 0.05) is 25.1 Å². The third-order valence-electron chi connectivity index (χ3n) is 3.80. The monoisotopic (exact) mass is 277 g/mol. The Balaban J connectivity index is 1.97. The molecule has 3 heteroatoms. The molecule has 2 atom stereocenters. The maximum atomic E-state index is 6.20. The summed E-state index contributed by atoms with van der Waals surface area (Å²) in [5, 5.41) is 3.49. The Bertz CT molecular complexity index is 400. The van der Waals surface area contributed by atoms with Crippen molar-refractivity contribution in [3.8, 4) is 0 Å². The highest BCUT2D eigenvalue weighted by molar-refractivity contribution is 5.28. The molecule has 0 saturated carbocycles. The van der Waals surface area contributed by atoms with E-state index in [1.54, 1.807) is 0 Å².